The molecular formula is C12H18N2O2. The number of rotatable bonds is 2. The van der Waals surface area contributed by atoms with E-state index in [0.717, 1.165) is 19.6 Å². The summed E-state index contributed by atoms with van der Waals surface area (Å²) in [5, 5.41) is 9.25. The lowest BCUT2D eigenvalue weighted by Gasteiger charge is -2.11. The second-order valence-corrected chi connectivity index (χ2v) is 4.40. The van der Waals surface area contributed by atoms with Gasteiger partial charge in [-0.15, -0.1) is 0 Å². The predicted molar refractivity (Wildman–Crippen MR) is 60.7 cm³/mol. The maximum absolute atomic E-state index is 11.4. The van der Waals surface area contributed by atoms with Gasteiger partial charge in [-0.1, -0.05) is 11.8 Å². The van der Waals surface area contributed by atoms with Crippen LogP contribution in [0.5, 0.6) is 0 Å². The van der Waals surface area contributed by atoms with Crippen molar-refractivity contribution in [1.29, 1.82) is 0 Å². The van der Waals surface area contributed by atoms with E-state index in [-0.39, 0.29) is 5.91 Å². The molecule has 16 heavy (non-hydrogen) atoms. The van der Waals surface area contributed by atoms with Crippen molar-refractivity contribution < 1.29 is 9.90 Å². The van der Waals surface area contributed by atoms with E-state index in [1.54, 1.807) is 4.90 Å². The molecule has 4 nitrogen and oxygen atoms in total. The molecule has 0 aromatic carbocycles. The Balaban J connectivity index is 1.70. The molecule has 0 saturated carbocycles. The maximum Gasteiger partial charge on any atom is 0.252 e. The average molecular weight is 222 g/mol. The maximum atomic E-state index is 11.4. The molecule has 2 aliphatic heterocycles. The van der Waals surface area contributed by atoms with Gasteiger partial charge in [0.05, 0.1) is 13.1 Å². The second-order valence-electron chi connectivity index (χ2n) is 4.40. The van der Waals surface area contributed by atoms with Crippen LogP contribution in [0.4, 0.5) is 0 Å². The van der Waals surface area contributed by atoms with E-state index in [9.17, 15) is 9.90 Å². The summed E-state index contributed by atoms with van der Waals surface area (Å²) in [5.41, 5.74) is 0. The van der Waals surface area contributed by atoms with E-state index >= 15 is 0 Å². The first kappa shape index (κ1) is 11.4. The van der Waals surface area contributed by atoms with Crippen molar-refractivity contribution in [1.82, 2.24) is 9.80 Å². The van der Waals surface area contributed by atoms with Crippen molar-refractivity contribution in [3.05, 3.63) is 0 Å². The van der Waals surface area contributed by atoms with Crippen molar-refractivity contribution in [2.45, 2.75) is 25.4 Å². The molecule has 1 atom stereocenters. The van der Waals surface area contributed by atoms with Crippen molar-refractivity contribution in [2.75, 3.05) is 32.7 Å². The fraction of sp³-hybridized carbons (Fsp3) is 0.750. The molecule has 2 rings (SSSR count). The summed E-state index contributed by atoms with van der Waals surface area (Å²) in [6, 6.07) is 0. The molecule has 0 aliphatic carbocycles. The second kappa shape index (κ2) is 5.33. The highest BCUT2D eigenvalue weighted by Crippen LogP contribution is 2.09. The van der Waals surface area contributed by atoms with Crippen LogP contribution in [0.15, 0.2) is 0 Å². The van der Waals surface area contributed by atoms with Gasteiger partial charge in [-0.05, 0) is 32.4 Å². The zero-order chi connectivity index (χ0) is 11.4. The van der Waals surface area contributed by atoms with Gasteiger partial charge in [-0.3, -0.25) is 9.69 Å². The normalized spacial score (nSPS) is 25.9. The zero-order valence-corrected chi connectivity index (χ0v) is 9.48. The van der Waals surface area contributed by atoms with Crippen LogP contribution in [0.1, 0.15) is 19.3 Å². The van der Waals surface area contributed by atoms with Gasteiger partial charge in [0, 0.05) is 6.54 Å². The smallest absolute Gasteiger partial charge is 0.252 e. The summed E-state index contributed by atoms with van der Waals surface area (Å²) in [6.45, 7) is 4.21. The van der Waals surface area contributed by atoms with Gasteiger partial charge in [0.25, 0.3) is 5.91 Å². The number of aliphatic hydroxyl groups excluding tert-OH is 1. The lowest BCUT2D eigenvalue weighted by atomic mass is 10.3. The molecule has 2 heterocycles. The van der Waals surface area contributed by atoms with Gasteiger partial charge < -0.3 is 10.0 Å². The Morgan fingerprint density at radius 1 is 1.19 bits per heavy atom. The molecule has 2 fully saturated rings. The number of carbonyl (C=O) groups is 1. The first-order valence-electron chi connectivity index (χ1n) is 5.92. The molecule has 88 valence electrons. The first-order chi connectivity index (χ1) is 7.77. The molecule has 1 amide bonds. The molecule has 0 unspecified atom stereocenters. The van der Waals surface area contributed by atoms with Gasteiger partial charge in [0.15, 0.2) is 0 Å². The predicted octanol–water partition coefficient (Wildman–Crippen LogP) is -0.321. The first-order valence-corrected chi connectivity index (χ1v) is 5.92. The number of hydrogen-bond donors (Lipinski definition) is 1. The summed E-state index contributed by atoms with van der Waals surface area (Å²) in [7, 11) is 0. The Kier molecular flexibility index (Phi) is 3.81. The summed E-state index contributed by atoms with van der Waals surface area (Å²) < 4.78 is 0. The van der Waals surface area contributed by atoms with Crippen LogP contribution in [0.25, 0.3) is 0 Å². The third-order valence-corrected chi connectivity index (χ3v) is 3.17. The monoisotopic (exact) mass is 222 g/mol. The fourth-order valence-corrected chi connectivity index (χ4v) is 2.14. The number of aliphatic hydroxyl groups is 1. The Hall–Kier alpha value is -1.05. The molecule has 2 aliphatic rings. The van der Waals surface area contributed by atoms with E-state index in [4.69, 9.17) is 0 Å². The van der Waals surface area contributed by atoms with Crippen LogP contribution in [0, 0.1) is 11.8 Å². The van der Waals surface area contributed by atoms with Crippen LogP contribution in [0.3, 0.4) is 0 Å². The molecule has 4 heteroatoms. The Morgan fingerprint density at radius 3 is 2.50 bits per heavy atom. The minimum absolute atomic E-state index is 0.171. The zero-order valence-electron chi connectivity index (χ0n) is 9.48. The van der Waals surface area contributed by atoms with E-state index < -0.39 is 6.10 Å². The van der Waals surface area contributed by atoms with E-state index in [0.29, 0.717) is 19.5 Å². The third kappa shape index (κ3) is 2.75. The molecule has 0 bridgehead atoms. The molecule has 0 radical (unpaired) electrons. The van der Waals surface area contributed by atoms with E-state index in [2.05, 4.69) is 16.7 Å². The Labute approximate surface area is 96.2 Å². The van der Waals surface area contributed by atoms with E-state index in [1.807, 2.05) is 0 Å². The van der Waals surface area contributed by atoms with Gasteiger partial charge in [-0.2, -0.15) is 0 Å². The van der Waals surface area contributed by atoms with Crippen molar-refractivity contribution in [3.63, 3.8) is 0 Å². The molecule has 0 aromatic rings. The number of hydrogen-bond acceptors (Lipinski definition) is 3. The van der Waals surface area contributed by atoms with Gasteiger partial charge in [0.2, 0.25) is 0 Å². The Bertz CT molecular complexity index is 313. The lowest BCUT2D eigenvalue weighted by Crippen LogP contribution is -2.29. The number of amides is 1. The van der Waals surface area contributed by atoms with Crippen LogP contribution in [-0.2, 0) is 4.79 Å². The van der Waals surface area contributed by atoms with Crippen LogP contribution in [0.2, 0.25) is 0 Å². The number of nitrogens with zero attached hydrogens (tertiary/aromatic N) is 2. The van der Waals surface area contributed by atoms with Crippen molar-refractivity contribution >= 4 is 5.91 Å². The van der Waals surface area contributed by atoms with Gasteiger partial charge in [-0.25, -0.2) is 0 Å². The molecule has 0 aromatic heterocycles. The summed E-state index contributed by atoms with van der Waals surface area (Å²) in [5.74, 6) is 5.93. The fourth-order valence-electron chi connectivity index (χ4n) is 2.14. The van der Waals surface area contributed by atoms with Crippen molar-refractivity contribution in [3.8, 4) is 11.8 Å². The highest BCUT2D eigenvalue weighted by Gasteiger charge is 2.28. The van der Waals surface area contributed by atoms with Crippen LogP contribution in [-0.4, -0.2) is 59.6 Å². The third-order valence-electron chi connectivity index (χ3n) is 3.17. The Morgan fingerprint density at radius 2 is 1.88 bits per heavy atom. The number of carbonyl (C=O) groups excluding carboxylic acids is 1. The summed E-state index contributed by atoms with van der Waals surface area (Å²) >= 11 is 0. The molecule has 0 spiro atoms. The molecule has 2 saturated heterocycles. The van der Waals surface area contributed by atoms with Crippen LogP contribution < -0.4 is 0 Å². The summed E-state index contributed by atoms with van der Waals surface area (Å²) in [4.78, 5) is 15.3. The summed E-state index contributed by atoms with van der Waals surface area (Å²) in [6.07, 6.45) is 2.31. The minimum Gasteiger partial charge on any atom is -0.383 e. The van der Waals surface area contributed by atoms with Crippen molar-refractivity contribution in [2.24, 2.45) is 0 Å². The minimum atomic E-state index is -0.791. The number of likely N-dealkylation sites (tertiary alicyclic amines) is 2. The average Bonchev–Trinajstić information content (AvgIpc) is 2.88. The SMILES string of the molecule is O=C1[C@H](O)CCN1CC#CCN1CCCC1. The van der Waals surface area contributed by atoms with Crippen LogP contribution >= 0.6 is 0 Å². The standard InChI is InChI=1S/C12H18N2O2/c15-11-5-10-14(12(11)16)9-4-3-8-13-6-1-2-7-13/h11,15H,1-2,5-10H2/t11-/m1/s1. The largest absolute Gasteiger partial charge is 0.383 e. The molecule has 1 N–H and O–H groups in total. The van der Waals surface area contributed by atoms with Gasteiger partial charge in [0.1, 0.15) is 6.10 Å². The quantitative estimate of drug-likeness (QED) is 0.651. The molecular weight excluding hydrogens is 204 g/mol. The topological polar surface area (TPSA) is 43.8 Å². The highest BCUT2D eigenvalue weighted by atomic mass is 16.3. The van der Waals surface area contributed by atoms with E-state index in [1.165, 1.54) is 12.8 Å². The highest BCUT2D eigenvalue weighted by molar-refractivity contribution is 5.82. The lowest BCUT2D eigenvalue weighted by molar-refractivity contribution is -0.133. The van der Waals surface area contributed by atoms with Gasteiger partial charge >= 0.3 is 0 Å².